The second kappa shape index (κ2) is 7.55. The predicted octanol–water partition coefficient (Wildman–Crippen LogP) is 3.08. The molecule has 2 aromatic rings. The van der Waals surface area contributed by atoms with Crippen LogP contribution in [0.15, 0.2) is 24.3 Å². The summed E-state index contributed by atoms with van der Waals surface area (Å²) in [6, 6.07) is 7.98. The van der Waals surface area contributed by atoms with E-state index in [1.54, 1.807) is 11.3 Å². The van der Waals surface area contributed by atoms with Crippen molar-refractivity contribution in [2.45, 2.75) is 45.6 Å². The summed E-state index contributed by atoms with van der Waals surface area (Å²) in [7, 11) is 0. The minimum atomic E-state index is -0.352. The van der Waals surface area contributed by atoms with E-state index in [1.807, 2.05) is 45.0 Å². The fraction of sp³-hybridized carbons (Fsp3) is 0.471. The fourth-order valence-electron chi connectivity index (χ4n) is 2.08. The Hall–Kier alpha value is -1.95. The second-order valence-corrected chi connectivity index (χ2v) is 7.50. The third kappa shape index (κ3) is 5.98. The maximum atomic E-state index is 11.7. The van der Waals surface area contributed by atoms with E-state index in [9.17, 15) is 9.59 Å². The Morgan fingerprint density at radius 3 is 2.70 bits per heavy atom. The van der Waals surface area contributed by atoms with E-state index < -0.39 is 0 Å². The third-order valence-electron chi connectivity index (χ3n) is 2.99. The minimum Gasteiger partial charge on any atom is -0.456 e. The molecule has 23 heavy (non-hydrogen) atoms. The molecule has 2 rings (SSSR count). The van der Waals surface area contributed by atoms with Gasteiger partial charge in [0.2, 0.25) is 0 Å². The van der Waals surface area contributed by atoms with Crippen molar-refractivity contribution in [3.8, 4) is 0 Å². The highest BCUT2D eigenvalue weighted by molar-refractivity contribution is 7.18. The van der Waals surface area contributed by atoms with Crippen LogP contribution in [0.1, 0.15) is 38.6 Å². The molecule has 0 radical (unpaired) electrons. The molecule has 0 saturated heterocycles. The van der Waals surface area contributed by atoms with Gasteiger partial charge in [-0.25, -0.2) is 4.98 Å². The Labute approximate surface area is 140 Å². The zero-order chi connectivity index (χ0) is 16.9. The highest BCUT2D eigenvalue weighted by Gasteiger charge is 2.15. The first-order chi connectivity index (χ1) is 10.8. The van der Waals surface area contributed by atoms with Crippen molar-refractivity contribution in [1.29, 1.82) is 0 Å². The molecule has 124 valence electrons. The van der Waals surface area contributed by atoms with Gasteiger partial charge in [-0.05, 0) is 45.7 Å². The number of carbonyl (C=O) groups is 2. The summed E-state index contributed by atoms with van der Waals surface area (Å²) in [5.74, 6) is -0.632. The Morgan fingerprint density at radius 1 is 1.26 bits per heavy atom. The third-order valence-corrected chi connectivity index (χ3v) is 4.08. The number of nitrogens with one attached hydrogen (secondary N) is 1. The number of carbonyl (C=O) groups excluding carboxylic acids is 2. The van der Waals surface area contributed by atoms with Crippen LogP contribution in [-0.2, 0) is 20.7 Å². The Balaban J connectivity index is 1.69. The van der Waals surface area contributed by atoms with Crippen molar-refractivity contribution in [3.05, 3.63) is 29.3 Å². The van der Waals surface area contributed by atoms with Crippen LogP contribution < -0.4 is 5.32 Å². The molecule has 1 aromatic heterocycles. The summed E-state index contributed by atoms with van der Waals surface area (Å²) in [5.41, 5.74) is 0.671. The van der Waals surface area contributed by atoms with E-state index in [0.717, 1.165) is 21.6 Å². The van der Waals surface area contributed by atoms with Gasteiger partial charge in [-0.1, -0.05) is 12.1 Å². The van der Waals surface area contributed by atoms with Gasteiger partial charge in [0, 0.05) is 12.0 Å². The average molecular weight is 334 g/mol. The zero-order valence-corrected chi connectivity index (χ0v) is 14.5. The maximum Gasteiger partial charge on any atom is 0.306 e. The number of benzene rings is 1. The highest BCUT2D eigenvalue weighted by Crippen LogP contribution is 2.22. The van der Waals surface area contributed by atoms with Crippen molar-refractivity contribution in [2.24, 2.45) is 0 Å². The van der Waals surface area contributed by atoms with Gasteiger partial charge in [0.05, 0.1) is 15.2 Å². The number of thiazole rings is 1. The van der Waals surface area contributed by atoms with Gasteiger partial charge in [-0.2, -0.15) is 0 Å². The molecule has 0 aliphatic heterocycles. The molecule has 1 amide bonds. The molecule has 0 saturated carbocycles. The number of rotatable bonds is 6. The van der Waals surface area contributed by atoms with E-state index in [1.165, 1.54) is 0 Å². The van der Waals surface area contributed by atoms with Gasteiger partial charge in [0.25, 0.3) is 5.91 Å². The first kappa shape index (κ1) is 17.4. The van der Waals surface area contributed by atoms with Crippen LogP contribution in [0.3, 0.4) is 0 Å². The molecule has 0 unspecified atom stereocenters. The number of ether oxygens (including phenoxy) is 1. The van der Waals surface area contributed by atoms with Gasteiger partial charge in [0.15, 0.2) is 6.61 Å². The lowest BCUT2D eigenvalue weighted by atomic mass is 10.1. The summed E-state index contributed by atoms with van der Waals surface area (Å²) in [6.07, 6.45) is 1.70. The summed E-state index contributed by atoms with van der Waals surface area (Å²) in [6.45, 7) is 5.41. The molecular formula is C17H22N2O3S. The zero-order valence-electron chi connectivity index (χ0n) is 13.7. The lowest BCUT2D eigenvalue weighted by Gasteiger charge is -2.20. The molecule has 1 heterocycles. The lowest BCUT2D eigenvalue weighted by Crippen LogP contribution is -2.42. The van der Waals surface area contributed by atoms with Crippen molar-refractivity contribution in [3.63, 3.8) is 0 Å². The number of amides is 1. The van der Waals surface area contributed by atoms with E-state index in [0.29, 0.717) is 12.8 Å². The number of nitrogens with zero attached hydrogens (tertiary/aromatic N) is 1. The average Bonchev–Trinajstić information content (AvgIpc) is 2.86. The van der Waals surface area contributed by atoms with E-state index in [4.69, 9.17) is 4.74 Å². The molecule has 1 N–H and O–H groups in total. The van der Waals surface area contributed by atoms with Crippen molar-refractivity contribution < 1.29 is 14.3 Å². The van der Waals surface area contributed by atoms with Crippen molar-refractivity contribution in [1.82, 2.24) is 10.3 Å². The van der Waals surface area contributed by atoms with E-state index >= 15 is 0 Å². The second-order valence-electron chi connectivity index (χ2n) is 6.39. The van der Waals surface area contributed by atoms with Crippen LogP contribution in [0, 0.1) is 0 Å². The normalized spacial score (nSPS) is 11.4. The molecule has 0 fully saturated rings. The monoisotopic (exact) mass is 334 g/mol. The molecule has 0 spiro atoms. The first-order valence-corrected chi connectivity index (χ1v) is 8.46. The van der Waals surface area contributed by atoms with Crippen LogP contribution in [0.2, 0.25) is 0 Å². The molecule has 6 heteroatoms. The minimum absolute atomic E-state index is 0.225. The number of hydrogen-bond acceptors (Lipinski definition) is 5. The molecule has 5 nitrogen and oxygen atoms in total. The Kier molecular flexibility index (Phi) is 5.71. The summed E-state index contributed by atoms with van der Waals surface area (Å²) < 4.78 is 6.14. The van der Waals surface area contributed by atoms with E-state index in [-0.39, 0.29) is 24.0 Å². The Bertz CT molecular complexity index is 655. The van der Waals surface area contributed by atoms with Gasteiger partial charge in [0.1, 0.15) is 0 Å². The van der Waals surface area contributed by atoms with E-state index in [2.05, 4.69) is 10.3 Å². The number of esters is 1. The van der Waals surface area contributed by atoms with Gasteiger partial charge < -0.3 is 10.1 Å². The number of aromatic nitrogens is 1. The maximum absolute atomic E-state index is 11.7. The number of fused-ring (bicyclic) bond motifs is 1. The van der Waals surface area contributed by atoms with Gasteiger partial charge in [-0.15, -0.1) is 11.3 Å². The summed E-state index contributed by atoms with van der Waals surface area (Å²) in [4.78, 5) is 27.7. The number of hydrogen-bond donors (Lipinski definition) is 1. The first-order valence-electron chi connectivity index (χ1n) is 7.64. The van der Waals surface area contributed by atoms with Crippen LogP contribution in [-0.4, -0.2) is 29.0 Å². The summed E-state index contributed by atoms with van der Waals surface area (Å²) in [5, 5.41) is 3.76. The number of para-hydroxylation sites is 1. The SMILES string of the molecule is CC(C)(C)NC(=O)COC(=O)CCCc1nc2ccccc2s1. The molecular weight excluding hydrogens is 312 g/mol. The molecule has 0 aliphatic carbocycles. The van der Waals surface area contributed by atoms with Crippen LogP contribution in [0.5, 0.6) is 0 Å². The highest BCUT2D eigenvalue weighted by atomic mass is 32.1. The smallest absolute Gasteiger partial charge is 0.306 e. The predicted molar refractivity (Wildman–Crippen MR) is 91.4 cm³/mol. The molecule has 1 aromatic carbocycles. The van der Waals surface area contributed by atoms with Gasteiger partial charge in [-0.3, -0.25) is 9.59 Å². The lowest BCUT2D eigenvalue weighted by molar-refractivity contribution is -0.149. The van der Waals surface area contributed by atoms with Crippen molar-refractivity contribution in [2.75, 3.05) is 6.61 Å². The largest absolute Gasteiger partial charge is 0.456 e. The molecule has 0 aliphatic rings. The number of aryl methyl sites for hydroxylation is 1. The summed E-state index contributed by atoms with van der Waals surface area (Å²) >= 11 is 1.65. The standard InChI is InChI=1S/C17H22N2O3S/c1-17(2,3)19-14(20)11-22-16(21)10-6-9-15-18-12-7-4-5-8-13(12)23-15/h4-5,7-8H,6,9-11H2,1-3H3,(H,19,20). The van der Waals surface area contributed by atoms with Crippen LogP contribution >= 0.6 is 11.3 Å². The van der Waals surface area contributed by atoms with Crippen LogP contribution in [0.4, 0.5) is 0 Å². The molecule has 0 bridgehead atoms. The molecule has 0 atom stereocenters. The quantitative estimate of drug-likeness (QED) is 0.824. The Morgan fingerprint density at radius 2 is 2.00 bits per heavy atom. The topological polar surface area (TPSA) is 68.3 Å². The van der Waals surface area contributed by atoms with Crippen molar-refractivity contribution >= 4 is 33.4 Å². The van der Waals surface area contributed by atoms with Crippen LogP contribution in [0.25, 0.3) is 10.2 Å². The fourth-order valence-corrected chi connectivity index (χ4v) is 3.09. The van der Waals surface area contributed by atoms with Gasteiger partial charge >= 0.3 is 5.97 Å².